The molecule has 0 radical (unpaired) electrons. The van der Waals surface area contributed by atoms with Gasteiger partial charge in [0, 0.05) is 28.8 Å². The van der Waals surface area contributed by atoms with Crippen LogP contribution in [-0.4, -0.2) is 14.9 Å². The zero-order valence-electron chi connectivity index (χ0n) is 15.5. The Morgan fingerprint density at radius 3 is 2.64 bits per heavy atom. The summed E-state index contributed by atoms with van der Waals surface area (Å²) >= 11 is 1.56. The van der Waals surface area contributed by atoms with Gasteiger partial charge in [-0.05, 0) is 30.0 Å². The van der Waals surface area contributed by atoms with Crippen LogP contribution in [0.15, 0.2) is 54.2 Å². The number of anilines is 2. The van der Waals surface area contributed by atoms with Gasteiger partial charge in [0.2, 0.25) is 0 Å². The second-order valence-corrected chi connectivity index (χ2v) is 7.34. The van der Waals surface area contributed by atoms with Crippen molar-refractivity contribution in [3.63, 3.8) is 0 Å². The molecular formula is C21H18N4O2S. The number of nitrogens with one attached hydrogen (secondary N) is 1. The summed E-state index contributed by atoms with van der Waals surface area (Å²) in [6, 6.07) is 13.2. The SMILES string of the molecule is CCc1ccc(-c2csc3ncnc(Nc4cc([N+](=O)[O-])ccc4C)c23)cc1. The van der Waals surface area contributed by atoms with Crippen LogP contribution < -0.4 is 5.32 Å². The van der Waals surface area contributed by atoms with E-state index < -0.39 is 4.92 Å². The Hall–Kier alpha value is -3.32. The first kappa shape index (κ1) is 18.1. The lowest BCUT2D eigenvalue weighted by atomic mass is 10.0. The van der Waals surface area contributed by atoms with E-state index in [1.165, 1.54) is 24.0 Å². The van der Waals surface area contributed by atoms with Crippen LogP contribution in [0.5, 0.6) is 0 Å². The molecule has 2 aromatic carbocycles. The number of hydrogen-bond donors (Lipinski definition) is 1. The number of non-ortho nitro benzene ring substituents is 1. The lowest BCUT2D eigenvalue weighted by molar-refractivity contribution is -0.384. The number of nitro groups is 1. The molecule has 0 fully saturated rings. The lowest BCUT2D eigenvalue weighted by Gasteiger charge is -2.11. The third kappa shape index (κ3) is 3.32. The molecule has 6 nitrogen and oxygen atoms in total. The topological polar surface area (TPSA) is 81.0 Å². The number of rotatable bonds is 5. The summed E-state index contributed by atoms with van der Waals surface area (Å²) in [6.45, 7) is 4.04. The maximum atomic E-state index is 11.1. The number of hydrogen-bond acceptors (Lipinski definition) is 6. The number of benzene rings is 2. The van der Waals surface area contributed by atoms with E-state index in [4.69, 9.17) is 0 Å². The summed E-state index contributed by atoms with van der Waals surface area (Å²) in [4.78, 5) is 20.4. The monoisotopic (exact) mass is 390 g/mol. The molecule has 28 heavy (non-hydrogen) atoms. The number of nitro benzene ring substituents is 1. The van der Waals surface area contributed by atoms with Crippen molar-refractivity contribution in [1.82, 2.24) is 9.97 Å². The largest absolute Gasteiger partial charge is 0.339 e. The molecule has 0 bridgehead atoms. The number of nitrogens with zero attached hydrogens (tertiary/aromatic N) is 3. The standard InChI is InChI=1S/C21H18N4O2S/c1-3-14-5-7-15(8-6-14)17-11-28-21-19(17)20(22-12-23-21)24-18-10-16(25(26)27)9-4-13(18)2/h4-12H,3H2,1-2H3,(H,22,23,24). The van der Waals surface area contributed by atoms with Crippen molar-refractivity contribution in [2.45, 2.75) is 20.3 Å². The van der Waals surface area contributed by atoms with Crippen LogP contribution in [0, 0.1) is 17.0 Å². The first-order valence-corrected chi connectivity index (χ1v) is 9.78. The van der Waals surface area contributed by atoms with Crippen molar-refractivity contribution in [2.75, 3.05) is 5.32 Å². The Balaban J connectivity index is 1.81. The molecule has 4 aromatic rings. The summed E-state index contributed by atoms with van der Waals surface area (Å²) in [7, 11) is 0. The highest BCUT2D eigenvalue weighted by atomic mass is 32.1. The molecule has 0 saturated heterocycles. The third-order valence-corrected chi connectivity index (χ3v) is 5.61. The molecule has 4 rings (SSSR count). The van der Waals surface area contributed by atoms with E-state index in [-0.39, 0.29) is 5.69 Å². The van der Waals surface area contributed by atoms with Crippen molar-refractivity contribution in [3.8, 4) is 11.1 Å². The van der Waals surface area contributed by atoms with Crippen LogP contribution in [0.1, 0.15) is 18.1 Å². The van der Waals surface area contributed by atoms with Crippen molar-refractivity contribution in [2.24, 2.45) is 0 Å². The third-order valence-electron chi connectivity index (χ3n) is 4.73. The van der Waals surface area contributed by atoms with Gasteiger partial charge in [0.05, 0.1) is 10.3 Å². The lowest BCUT2D eigenvalue weighted by Crippen LogP contribution is -1.99. The fraction of sp³-hybridized carbons (Fsp3) is 0.143. The molecule has 0 aliphatic carbocycles. The van der Waals surface area contributed by atoms with Crippen LogP contribution in [0.4, 0.5) is 17.2 Å². The Morgan fingerprint density at radius 1 is 1.14 bits per heavy atom. The molecule has 0 saturated carbocycles. The van der Waals surface area contributed by atoms with Crippen molar-refractivity contribution in [3.05, 3.63) is 75.4 Å². The average Bonchev–Trinajstić information content (AvgIpc) is 3.14. The summed E-state index contributed by atoms with van der Waals surface area (Å²) in [5.74, 6) is 0.643. The van der Waals surface area contributed by atoms with Gasteiger partial charge in [-0.25, -0.2) is 9.97 Å². The quantitative estimate of drug-likeness (QED) is 0.340. The molecule has 2 aromatic heterocycles. The fourth-order valence-electron chi connectivity index (χ4n) is 3.09. The van der Waals surface area contributed by atoms with Gasteiger partial charge in [0.1, 0.15) is 17.0 Å². The maximum absolute atomic E-state index is 11.1. The predicted octanol–water partition coefficient (Wildman–Crippen LogP) is 5.88. The fourth-order valence-corrected chi connectivity index (χ4v) is 4.00. The zero-order chi connectivity index (χ0) is 19.7. The van der Waals surface area contributed by atoms with Gasteiger partial charge in [0.15, 0.2) is 0 Å². The smallest absolute Gasteiger partial charge is 0.271 e. The molecule has 0 atom stereocenters. The highest BCUT2D eigenvalue weighted by Gasteiger charge is 2.15. The van der Waals surface area contributed by atoms with Crippen molar-refractivity contribution >= 4 is 38.7 Å². The summed E-state index contributed by atoms with van der Waals surface area (Å²) < 4.78 is 0. The van der Waals surface area contributed by atoms with E-state index in [2.05, 4.69) is 51.9 Å². The number of thiophene rings is 1. The Kier molecular flexibility index (Phi) is 4.75. The van der Waals surface area contributed by atoms with Gasteiger partial charge in [-0.15, -0.1) is 11.3 Å². The zero-order valence-corrected chi connectivity index (χ0v) is 16.3. The molecule has 1 N–H and O–H groups in total. The highest BCUT2D eigenvalue weighted by molar-refractivity contribution is 7.17. The van der Waals surface area contributed by atoms with Gasteiger partial charge in [0.25, 0.3) is 5.69 Å². The second kappa shape index (κ2) is 7.36. The molecule has 0 aliphatic rings. The molecule has 0 amide bonds. The predicted molar refractivity (Wildman–Crippen MR) is 113 cm³/mol. The first-order chi connectivity index (χ1) is 13.6. The molecule has 0 spiro atoms. The van der Waals surface area contributed by atoms with Crippen LogP contribution >= 0.6 is 11.3 Å². The first-order valence-electron chi connectivity index (χ1n) is 8.90. The molecule has 2 heterocycles. The second-order valence-electron chi connectivity index (χ2n) is 6.48. The van der Waals surface area contributed by atoms with E-state index in [9.17, 15) is 10.1 Å². The van der Waals surface area contributed by atoms with Crippen molar-refractivity contribution in [1.29, 1.82) is 0 Å². The summed E-state index contributed by atoms with van der Waals surface area (Å²) in [5, 5.41) is 17.4. The van der Waals surface area contributed by atoms with E-state index in [1.807, 2.05) is 6.92 Å². The minimum absolute atomic E-state index is 0.0408. The molecule has 140 valence electrons. The van der Waals surface area contributed by atoms with E-state index in [0.717, 1.165) is 33.3 Å². The van der Waals surface area contributed by atoms with Crippen molar-refractivity contribution < 1.29 is 4.92 Å². The van der Waals surface area contributed by atoms with Gasteiger partial charge in [-0.1, -0.05) is 37.3 Å². The van der Waals surface area contributed by atoms with Gasteiger partial charge >= 0.3 is 0 Å². The van der Waals surface area contributed by atoms with Crippen LogP contribution in [-0.2, 0) is 6.42 Å². The Bertz CT molecular complexity index is 1170. The number of aromatic nitrogens is 2. The van der Waals surface area contributed by atoms with Crippen LogP contribution in [0.3, 0.4) is 0 Å². The molecule has 7 heteroatoms. The van der Waals surface area contributed by atoms with Gasteiger partial charge in [-0.3, -0.25) is 10.1 Å². The minimum Gasteiger partial charge on any atom is -0.339 e. The number of aryl methyl sites for hydroxylation is 2. The van der Waals surface area contributed by atoms with Crippen LogP contribution in [0.25, 0.3) is 21.3 Å². The van der Waals surface area contributed by atoms with Gasteiger partial charge < -0.3 is 5.32 Å². The molecule has 0 unspecified atom stereocenters. The number of fused-ring (bicyclic) bond motifs is 1. The molecule has 0 aliphatic heterocycles. The van der Waals surface area contributed by atoms with Gasteiger partial charge in [-0.2, -0.15) is 0 Å². The van der Waals surface area contributed by atoms with E-state index in [1.54, 1.807) is 17.4 Å². The Morgan fingerprint density at radius 2 is 1.93 bits per heavy atom. The average molecular weight is 390 g/mol. The van der Waals surface area contributed by atoms with Crippen LogP contribution in [0.2, 0.25) is 0 Å². The Labute approximate surface area is 166 Å². The summed E-state index contributed by atoms with van der Waals surface area (Å²) in [6.07, 6.45) is 2.50. The van der Waals surface area contributed by atoms with E-state index >= 15 is 0 Å². The maximum Gasteiger partial charge on any atom is 0.271 e. The van der Waals surface area contributed by atoms with E-state index in [0.29, 0.717) is 11.5 Å². The minimum atomic E-state index is -0.397. The summed E-state index contributed by atoms with van der Waals surface area (Å²) in [5.41, 5.74) is 5.03. The highest BCUT2D eigenvalue weighted by Crippen LogP contribution is 2.38. The normalized spacial score (nSPS) is 10.9. The molecular weight excluding hydrogens is 372 g/mol.